The van der Waals surface area contributed by atoms with Crippen LogP contribution in [0.5, 0.6) is 5.75 Å². The zero-order valence-electron chi connectivity index (χ0n) is 9.26. The van der Waals surface area contributed by atoms with Crippen molar-refractivity contribution < 1.29 is 14.8 Å². The minimum Gasteiger partial charge on any atom is -0.502 e. The zero-order valence-corrected chi connectivity index (χ0v) is 11.7. The van der Waals surface area contributed by atoms with Crippen molar-refractivity contribution in [3.8, 4) is 5.75 Å². The van der Waals surface area contributed by atoms with Gasteiger partial charge in [0.2, 0.25) is 0 Å². The predicted molar refractivity (Wildman–Crippen MR) is 71.3 cm³/mol. The molecule has 0 saturated carbocycles. The summed E-state index contributed by atoms with van der Waals surface area (Å²) in [5, 5.41) is 23.8. The van der Waals surface area contributed by atoms with Crippen LogP contribution in [0.4, 0.5) is 5.69 Å². The summed E-state index contributed by atoms with van der Waals surface area (Å²) >= 11 is 3.20. The molecular formula is C10H12BrClN2O4. The molecule has 0 radical (unpaired) electrons. The number of phenolic OH excluding ortho intramolecular Hbond substituents is 1. The third-order valence-electron chi connectivity index (χ3n) is 2.58. The predicted octanol–water partition coefficient (Wildman–Crippen LogP) is 2.15. The Morgan fingerprint density at radius 3 is 2.83 bits per heavy atom. The van der Waals surface area contributed by atoms with Crippen LogP contribution in [0.3, 0.4) is 0 Å². The largest absolute Gasteiger partial charge is 0.502 e. The van der Waals surface area contributed by atoms with Crippen molar-refractivity contribution in [3.05, 3.63) is 32.3 Å². The summed E-state index contributed by atoms with van der Waals surface area (Å²) in [6, 6.07) is 2.72. The minimum atomic E-state index is -0.604. The number of morpholine rings is 1. The lowest BCUT2D eigenvalue weighted by molar-refractivity contribution is -0.386. The number of nitrogens with one attached hydrogen (secondary N) is 1. The summed E-state index contributed by atoms with van der Waals surface area (Å²) in [5.41, 5.74) is 0.174. The first-order valence-electron chi connectivity index (χ1n) is 5.07. The summed E-state index contributed by atoms with van der Waals surface area (Å²) in [6.07, 6.45) is 0. The van der Waals surface area contributed by atoms with Gasteiger partial charge in [-0.15, -0.1) is 12.4 Å². The van der Waals surface area contributed by atoms with E-state index in [1.54, 1.807) is 6.07 Å². The SMILES string of the molecule is Cl.O=[N+]([O-])c1cc(Br)cc([C@H]2COCCN2)c1O. The highest BCUT2D eigenvalue weighted by Crippen LogP contribution is 2.37. The van der Waals surface area contributed by atoms with Crippen molar-refractivity contribution in [2.45, 2.75) is 6.04 Å². The van der Waals surface area contributed by atoms with Crippen LogP contribution in [-0.2, 0) is 4.74 Å². The maximum absolute atomic E-state index is 10.8. The summed E-state index contributed by atoms with van der Waals surface area (Å²) < 4.78 is 5.83. The summed E-state index contributed by atoms with van der Waals surface area (Å²) in [5.74, 6) is -0.304. The van der Waals surface area contributed by atoms with Crippen LogP contribution < -0.4 is 5.32 Å². The van der Waals surface area contributed by atoms with Gasteiger partial charge in [-0.25, -0.2) is 0 Å². The lowest BCUT2D eigenvalue weighted by Gasteiger charge is -2.24. The van der Waals surface area contributed by atoms with Crippen LogP contribution in [0.1, 0.15) is 11.6 Å². The van der Waals surface area contributed by atoms with E-state index >= 15 is 0 Å². The van der Waals surface area contributed by atoms with E-state index in [0.717, 1.165) is 0 Å². The van der Waals surface area contributed by atoms with Crippen LogP contribution in [0, 0.1) is 10.1 Å². The number of benzene rings is 1. The molecule has 1 aliphatic rings. The van der Waals surface area contributed by atoms with Crippen LogP contribution >= 0.6 is 28.3 Å². The first kappa shape index (κ1) is 15.2. The Morgan fingerprint density at radius 1 is 1.56 bits per heavy atom. The quantitative estimate of drug-likeness (QED) is 0.637. The van der Waals surface area contributed by atoms with Crippen LogP contribution in [0.2, 0.25) is 0 Å². The van der Waals surface area contributed by atoms with Crippen molar-refractivity contribution in [1.82, 2.24) is 5.32 Å². The van der Waals surface area contributed by atoms with E-state index in [0.29, 0.717) is 29.8 Å². The van der Waals surface area contributed by atoms with Crippen molar-refractivity contribution >= 4 is 34.0 Å². The van der Waals surface area contributed by atoms with Gasteiger partial charge in [-0.3, -0.25) is 10.1 Å². The van der Waals surface area contributed by atoms with Crippen molar-refractivity contribution in [3.63, 3.8) is 0 Å². The maximum Gasteiger partial charge on any atom is 0.312 e. The number of nitrogens with zero attached hydrogens (tertiary/aromatic N) is 1. The Kier molecular flexibility index (Phi) is 5.33. The van der Waals surface area contributed by atoms with Crippen LogP contribution in [-0.4, -0.2) is 29.8 Å². The van der Waals surface area contributed by atoms with Crippen LogP contribution in [0.25, 0.3) is 0 Å². The molecule has 0 aliphatic carbocycles. The lowest BCUT2D eigenvalue weighted by atomic mass is 10.0. The molecule has 18 heavy (non-hydrogen) atoms. The number of nitro benzene ring substituents is 1. The molecule has 1 atom stereocenters. The second kappa shape index (κ2) is 6.33. The standard InChI is InChI=1S/C10H11BrN2O4.ClH/c11-6-3-7(8-5-17-2-1-12-8)10(14)9(4-6)13(15)16;/h3-4,8,12,14H,1-2,5H2;1H/t8-;/m1./s1. The van der Waals surface area contributed by atoms with Gasteiger partial charge in [-0.05, 0) is 6.07 Å². The molecule has 0 amide bonds. The first-order chi connectivity index (χ1) is 8.09. The Balaban J connectivity index is 0.00000162. The molecule has 0 aromatic heterocycles. The van der Waals surface area contributed by atoms with Crippen LogP contribution in [0.15, 0.2) is 16.6 Å². The normalized spacial score (nSPS) is 19.1. The van der Waals surface area contributed by atoms with E-state index in [4.69, 9.17) is 4.74 Å². The molecule has 1 aromatic carbocycles. The molecule has 100 valence electrons. The van der Waals surface area contributed by atoms with Gasteiger partial charge in [0.25, 0.3) is 0 Å². The van der Waals surface area contributed by atoms with Gasteiger partial charge in [0, 0.05) is 22.6 Å². The van der Waals surface area contributed by atoms with E-state index in [1.807, 2.05) is 0 Å². The monoisotopic (exact) mass is 338 g/mol. The molecule has 1 saturated heterocycles. The Labute approximate surface area is 118 Å². The highest BCUT2D eigenvalue weighted by atomic mass is 79.9. The second-order valence-electron chi connectivity index (χ2n) is 3.70. The average molecular weight is 340 g/mol. The molecule has 1 aromatic rings. The number of aromatic hydroxyl groups is 1. The van der Waals surface area contributed by atoms with Gasteiger partial charge in [0.05, 0.1) is 24.2 Å². The van der Waals surface area contributed by atoms with E-state index in [1.165, 1.54) is 6.07 Å². The zero-order chi connectivity index (χ0) is 12.4. The van der Waals surface area contributed by atoms with Gasteiger partial charge in [-0.2, -0.15) is 0 Å². The van der Waals surface area contributed by atoms with E-state index < -0.39 is 4.92 Å². The molecule has 1 fully saturated rings. The number of hydrogen-bond donors (Lipinski definition) is 2. The number of nitro groups is 1. The molecule has 2 N–H and O–H groups in total. The number of hydrogen-bond acceptors (Lipinski definition) is 5. The van der Waals surface area contributed by atoms with Gasteiger partial charge < -0.3 is 15.2 Å². The fourth-order valence-corrected chi connectivity index (χ4v) is 2.24. The number of halogens is 2. The first-order valence-corrected chi connectivity index (χ1v) is 5.87. The van der Waals surface area contributed by atoms with Crippen molar-refractivity contribution in [2.24, 2.45) is 0 Å². The molecule has 0 unspecified atom stereocenters. The van der Waals surface area contributed by atoms with Gasteiger partial charge in [0.1, 0.15) is 0 Å². The number of rotatable bonds is 2. The third-order valence-corrected chi connectivity index (χ3v) is 3.04. The smallest absolute Gasteiger partial charge is 0.312 e. The highest BCUT2D eigenvalue weighted by molar-refractivity contribution is 9.10. The Hall–Kier alpha value is -0.890. The molecule has 0 bridgehead atoms. The molecule has 2 rings (SSSR count). The fraction of sp³-hybridized carbons (Fsp3) is 0.400. The fourth-order valence-electron chi connectivity index (χ4n) is 1.78. The Morgan fingerprint density at radius 2 is 2.28 bits per heavy atom. The molecule has 8 heteroatoms. The summed E-state index contributed by atoms with van der Waals surface area (Å²) in [7, 11) is 0. The van der Waals surface area contributed by atoms with Gasteiger partial charge >= 0.3 is 5.69 Å². The average Bonchev–Trinajstić information content (AvgIpc) is 2.32. The highest BCUT2D eigenvalue weighted by Gasteiger charge is 2.25. The van der Waals surface area contributed by atoms with E-state index in [2.05, 4.69) is 21.2 Å². The van der Waals surface area contributed by atoms with Crippen molar-refractivity contribution in [2.75, 3.05) is 19.8 Å². The topological polar surface area (TPSA) is 84.6 Å². The Bertz CT molecular complexity index is 452. The molecule has 6 nitrogen and oxygen atoms in total. The minimum absolute atomic E-state index is 0. The van der Waals surface area contributed by atoms with Gasteiger partial charge in [-0.1, -0.05) is 15.9 Å². The number of phenols is 1. The summed E-state index contributed by atoms with van der Waals surface area (Å²) in [4.78, 5) is 10.2. The van der Waals surface area contributed by atoms with Gasteiger partial charge in [0.15, 0.2) is 5.75 Å². The molecular weight excluding hydrogens is 327 g/mol. The van der Waals surface area contributed by atoms with E-state index in [-0.39, 0.29) is 29.9 Å². The second-order valence-corrected chi connectivity index (χ2v) is 4.62. The molecule has 1 heterocycles. The maximum atomic E-state index is 10.8. The number of ether oxygens (including phenoxy) is 1. The molecule has 1 aliphatic heterocycles. The lowest BCUT2D eigenvalue weighted by Crippen LogP contribution is -2.34. The summed E-state index contributed by atoms with van der Waals surface area (Å²) in [6.45, 7) is 1.65. The van der Waals surface area contributed by atoms with E-state index in [9.17, 15) is 15.2 Å². The molecule has 0 spiro atoms. The van der Waals surface area contributed by atoms with Crippen molar-refractivity contribution in [1.29, 1.82) is 0 Å². The third kappa shape index (κ3) is 3.11.